The van der Waals surface area contributed by atoms with Crippen molar-refractivity contribution in [1.29, 1.82) is 0 Å². The molecule has 0 aliphatic heterocycles. The van der Waals surface area contributed by atoms with Gasteiger partial charge in [0.1, 0.15) is 11.3 Å². The molecule has 1 aromatic rings. The lowest BCUT2D eigenvalue weighted by Crippen LogP contribution is -2.58. The maximum absolute atomic E-state index is 12.0. The number of benzene rings is 1. The number of methoxy groups -OCH3 is 1. The molecule has 6 nitrogen and oxygen atoms in total. The van der Waals surface area contributed by atoms with Crippen molar-refractivity contribution in [3.8, 4) is 5.75 Å². The Bertz CT molecular complexity index is 644. The van der Waals surface area contributed by atoms with Crippen molar-refractivity contribution < 1.29 is 17.9 Å². The van der Waals surface area contributed by atoms with E-state index in [0.29, 0.717) is 30.7 Å². The zero-order valence-electron chi connectivity index (χ0n) is 12.1. The van der Waals surface area contributed by atoms with Gasteiger partial charge in [-0.05, 0) is 31.4 Å². The van der Waals surface area contributed by atoms with E-state index in [-0.39, 0.29) is 0 Å². The first-order valence-corrected chi connectivity index (χ1v) is 8.66. The summed E-state index contributed by atoms with van der Waals surface area (Å²) >= 11 is 0. The first-order valence-electron chi connectivity index (χ1n) is 6.71. The third kappa shape index (κ3) is 2.83. The van der Waals surface area contributed by atoms with E-state index in [4.69, 9.17) is 10.5 Å². The number of primary amides is 1. The van der Waals surface area contributed by atoms with E-state index >= 15 is 0 Å². The SMILES string of the molecule is COc1ccccc1NC1(C(N)=O)CCCC1S(C)(=O)=O. The molecule has 1 saturated carbocycles. The van der Waals surface area contributed by atoms with Crippen LogP contribution >= 0.6 is 0 Å². The number of carbonyl (C=O) groups excluding carboxylic acids is 1. The summed E-state index contributed by atoms with van der Waals surface area (Å²) in [5.41, 5.74) is 4.83. The first-order chi connectivity index (χ1) is 9.81. The number of anilines is 1. The Hall–Kier alpha value is -1.76. The summed E-state index contributed by atoms with van der Waals surface area (Å²) in [4.78, 5) is 12.0. The minimum absolute atomic E-state index is 0.387. The number of para-hydroxylation sites is 2. The second-order valence-corrected chi connectivity index (χ2v) is 7.60. The molecule has 7 heteroatoms. The van der Waals surface area contributed by atoms with Crippen LogP contribution in [0.3, 0.4) is 0 Å². The second kappa shape index (κ2) is 5.55. The standard InChI is InChI=1S/C14H20N2O4S/c1-20-11-7-4-3-6-10(11)16-14(13(15)17)9-5-8-12(14)21(2,18)19/h3-4,6-7,12,16H,5,8-9H2,1-2H3,(H2,15,17). The largest absolute Gasteiger partial charge is 0.495 e. The summed E-state index contributed by atoms with van der Waals surface area (Å²) in [5.74, 6) is -0.112. The van der Waals surface area contributed by atoms with Crippen molar-refractivity contribution in [1.82, 2.24) is 0 Å². The Morgan fingerprint density at radius 2 is 2.10 bits per heavy atom. The number of carbonyl (C=O) groups is 1. The summed E-state index contributed by atoms with van der Waals surface area (Å²) < 4.78 is 29.3. The minimum atomic E-state index is -3.40. The number of nitrogens with two attached hydrogens (primary N) is 1. The van der Waals surface area contributed by atoms with Crippen molar-refractivity contribution in [3.05, 3.63) is 24.3 Å². The molecule has 0 bridgehead atoms. The van der Waals surface area contributed by atoms with Crippen LogP contribution in [0.15, 0.2) is 24.3 Å². The number of ether oxygens (including phenoxy) is 1. The highest BCUT2D eigenvalue weighted by molar-refractivity contribution is 7.91. The van der Waals surface area contributed by atoms with E-state index in [1.54, 1.807) is 24.3 Å². The molecule has 116 valence electrons. The fourth-order valence-electron chi connectivity index (χ4n) is 3.03. The van der Waals surface area contributed by atoms with Crippen LogP contribution in [0.5, 0.6) is 5.75 Å². The Morgan fingerprint density at radius 1 is 1.43 bits per heavy atom. The van der Waals surface area contributed by atoms with Crippen LogP contribution in [0.4, 0.5) is 5.69 Å². The van der Waals surface area contributed by atoms with Crippen LogP contribution in [0, 0.1) is 0 Å². The summed E-state index contributed by atoms with van der Waals surface area (Å²) in [6.07, 6.45) is 2.58. The van der Waals surface area contributed by atoms with Crippen molar-refractivity contribution >= 4 is 21.4 Å². The topological polar surface area (TPSA) is 98.5 Å². The third-order valence-corrected chi connectivity index (χ3v) is 5.68. The Morgan fingerprint density at radius 3 is 2.67 bits per heavy atom. The van der Waals surface area contributed by atoms with Gasteiger partial charge in [0.2, 0.25) is 5.91 Å². The van der Waals surface area contributed by atoms with E-state index in [0.717, 1.165) is 6.26 Å². The Balaban J connectivity index is 2.47. The summed E-state index contributed by atoms with van der Waals surface area (Å²) in [6, 6.07) is 7.05. The minimum Gasteiger partial charge on any atom is -0.495 e. The van der Waals surface area contributed by atoms with Crippen molar-refractivity contribution in [2.75, 3.05) is 18.7 Å². The fraction of sp³-hybridized carbons (Fsp3) is 0.500. The van der Waals surface area contributed by atoms with Crippen LogP contribution in [0.1, 0.15) is 19.3 Å². The molecule has 2 unspecified atom stereocenters. The van der Waals surface area contributed by atoms with Gasteiger partial charge < -0.3 is 15.8 Å². The Labute approximate surface area is 124 Å². The summed E-state index contributed by atoms with van der Waals surface area (Å²) in [6.45, 7) is 0. The highest BCUT2D eigenvalue weighted by Crippen LogP contribution is 2.39. The monoisotopic (exact) mass is 312 g/mol. The molecule has 0 spiro atoms. The molecule has 1 aromatic carbocycles. The van der Waals surface area contributed by atoms with Crippen molar-refractivity contribution in [2.45, 2.75) is 30.1 Å². The predicted octanol–water partition coefficient (Wildman–Crippen LogP) is 0.928. The van der Waals surface area contributed by atoms with E-state index in [1.807, 2.05) is 0 Å². The number of sulfone groups is 1. The Kier molecular flexibility index (Phi) is 4.13. The third-order valence-electron chi connectivity index (χ3n) is 4.01. The molecule has 1 amide bonds. The number of amides is 1. The van der Waals surface area contributed by atoms with Gasteiger partial charge in [-0.2, -0.15) is 0 Å². The van der Waals surface area contributed by atoms with E-state index in [9.17, 15) is 13.2 Å². The van der Waals surface area contributed by atoms with Crippen molar-refractivity contribution in [3.63, 3.8) is 0 Å². The zero-order valence-corrected chi connectivity index (χ0v) is 12.9. The summed E-state index contributed by atoms with van der Waals surface area (Å²) in [7, 11) is -1.88. The molecule has 21 heavy (non-hydrogen) atoms. The molecular weight excluding hydrogens is 292 g/mol. The van der Waals surface area contributed by atoms with Crippen LogP contribution in [-0.2, 0) is 14.6 Å². The molecule has 0 saturated heterocycles. The molecular formula is C14H20N2O4S. The van der Waals surface area contributed by atoms with Crippen LogP contribution < -0.4 is 15.8 Å². The quantitative estimate of drug-likeness (QED) is 0.842. The molecule has 1 aliphatic carbocycles. The van der Waals surface area contributed by atoms with Crippen LogP contribution in [0.25, 0.3) is 0 Å². The molecule has 1 aliphatic rings. The van der Waals surface area contributed by atoms with Crippen LogP contribution in [0.2, 0.25) is 0 Å². The van der Waals surface area contributed by atoms with Gasteiger partial charge in [0.15, 0.2) is 9.84 Å². The predicted molar refractivity (Wildman–Crippen MR) is 81.0 cm³/mol. The normalized spacial score (nSPS) is 25.5. The van der Waals surface area contributed by atoms with E-state index in [2.05, 4.69) is 5.32 Å². The van der Waals surface area contributed by atoms with Crippen molar-refractivity contribution in [2.24, 2.45) is 5.73 Å². The van der Waals surface area contributed by atoms with Gasteiger partial charge in [0.25, 0.3) is 0 Å². The summed E-state index contributed by atoms with van der Waals surface area (Å²) in [5, 5.41) is 2.22. The maximum atomic E-state index is 12.0. The van der Waals surface area contributed by atoms with Gasteiger partial charge in [-0.1, -0.05) is 12.1 Å². The highest BCUT2D eigenvalue weighted by Gasteiger charge is 2.52. The van der Waals surface area contributed by atoms with Gasteiger partial charge in [0, 0.05) is 6.26 Å². The van der Waals surface area contributed by atoms with Gasteiger partial charge >= 0.3 is 0 Å². The number of nitrogens with one attached hydrogen (secondary N) is 1. The van der Waals surface area contributed by atoms with Gasteiger partial charge in [-0.25, -0.2) is 8.42 Å². The lowest BCUT2D eigenvalue weighted by molar-refractivity contribution is -0.122. The molecule has 0 heterocycles. The lowest BCUT2D eigenvalue weighted by Gasteiger charge is -2.33. The number of hydrogen-bond donors (Lipinski definition) is 2. The number of rotatable bonds is 5. The second-order valence-electron chi connectivity index (χ2n) is 5.37. The van der Waals surface area contributed by atoms with Gasteiger partial charge in [-0.3, -0.25) is 4.79 Å². The van der Waals surface area contributed by atoms with E-state index in [1.165, 1.54) is 7.11 Å². The van der Waals surface area contributed by atoms with Gasteiger partial charge in [-0.15, -0.1) is 0 Å². The molecule has 2 atom stereocenters. The average molecular weight is 312 g/mol. The maximum Gasteiger partial charge on any atom is 0.244 e. The molecule has 1 fully saturated rings. The molecule has 3 N–H and O–H groups in total. The number of hydrogen-bond acceptors (Lipinski definition) is 5. The molecule has 0 aromatic heterocycles. The molecule has 2 rings (SSSR count). The molecule has 0 radical (unpaired) electrons. The highest BCUT2D eigenvalue weighted by atomic mass is 32.2. The average Bonchev–Trinajstić information content (AvgIpc) is 2.84. The van der Waals surface area contributed by atoms with Crippen LogP contribution in [-0.4, -0.2) is 38.5 Å². The zero-order chi connectivity index (χ0) is 15.7. The lowest BCUT2D eigenvalue weighted by atomic mass is 9.95. The smallest absolute Gasteiger partial charge is 0.244 e. The fourth-order valence-corrected chi connectivity index (χ4v) is 4.65. The van der Waals surface area contributed by atoms with Gasteiger partial charge in [0.05, 0.1) is 18.0 Å². The first kappa shape index (κ1) is 15.6. The van der Waals surface area contributed by atoms with E-state index < -0.39 is 26.5 Å².